The Labute approximate surface area is 175 Å². The number of halogens is 1. The summed E-state index contributed by atoms with van der Waals surface area (Å²) in [5.74, 6) is -0.320. The Morgan fingerprint density at radius 1 is 1.07 bits per heavy atom. The van der Waals surface area contributed by atoms with Crippen molar-refractivity contribution in [3.05, 3.63) is 95.1 Å². The molecule has 0 spiro atoms. The lowest BCUT2D eigenvalue weighted by atomic mass is 9.98. The molecule has 0 aliphatic heterocycles. The normalized spacial score (nSPS) is 12.6. The van der Waals surface area contributed by atoms with E-state index >= 15 is 0 Å². The molecule has 0 atom stereocenters. The van der Waals surface area contributed by atoms with Crippen LogP contribution in [0, 0.1) is 12.7 Å². The Morgan fingerprint density at radius 2 is 1.73 bits per heavy atom. The molecule has 1 aliphatic carbocycles. The van der Waals surface area contributed by atoms with Gasteiger partial charge >= 0.3 is 6.09 Å². The molecule has 0 fully saturated rings. The number of alkyl carbamates (subject to hydrolysis) is 1. The van der Waals surface area contributed by atoms with E-state index in [1.165, 1.54) is 28.3 Å². The number of hydrogen-bond acceptors (Lipinski definition) is 3. The van der Waals surface area contributed by atoms with Gasteiger partial charge in [0, 0.05) is 18.2 Å². The van der Waals surface area contributed by atoms with Crippen molar-refractivity contribution in [1.82, 2.24) is 10.3 Å². The van der Waals surface area contributed by atoms with Gasteiger partial charge in [0.15, 0.2) is 0 Å². The van der Waals surface area contributed by atoms with Crippen LogP contribution in [-0.4, -0.2) is 24.2 Å². The average molecular weight is 402 g/mol. The maximum atomic E-state index is 13.7. The molecule has 1 heterocycles. The van der Waals surface area contributed by atoms with Gasteiger partial charge in [-0.25, -0.2) is 9.18 Å². The van der Waals surface area contributed by atoms with Gasteiger partial charge in [-0.3, -0.25) is 4.98 Å². The van der Waals surface area contributed by atoms with Gasteiger partial charge in [0.05, 0.1) is 5.69 Å². The van der Waals surface area contributed by atoms with Crippen molar-refractivity contribution in [3.63, 3.8) is 0 Å². The van der Waals surface area contributed by atoms with E-state index in [1.807, 2.05) is 31.2 Å². The van der Waals surface area contributed by atoms with Crippen molar-refractivity contribution in [3.8, 4) is 11.1 Å². The van der Waals surface area contributed by atoms with Crippen molar-refractivity contribution in [2.45, 2.75) is 19.3 Å². The van der Waals surface area contributed by atoms with Gasteiger partial charge in [0.2, 0.25) is 0 Å². The second kappa shape index (κ2) is 8.91. The first-order valence-electron chi connectivity index (χ1n) is 10.0. The lowest BCUT2D eigenvalue weighted by Crippen LogP contribution is -2.26. The van der Waals surface area contributed by atoms with Crippen LogP contribution in [0.1, 0.15) is 34.9 Å². The molecule has 2 aromatic carbocycles. The highest BCUT2D eigenvalue weighted by Gasteiger charge is 2.28. The standard InChI is InChI=1S/C25H23FN2O2/c1-17-13-14-23(26)24(28-17)12-6-7-15-27-25(29)30-16-22-20-10-4-2-8-18(20)19-9-3-5-11-21(19)22/h2-6,8-14,22H,7,15-16H2,1H3,(H,27,29). The Morgan fingerprint density at radius 3 is 2.43 bits per heavy atom. The Balaban J connectivity index is 1.28. The summed E-state index contributed by atoms with van der Waals surface area (Å²) in [5, 5.41) is 2.74. The molecule has 4 nitrogen and oxygen atoms in total. The summed E-state index contributed by atoms with van der Waals surface area (Å²) in [6, 6.07) is 19.5. The molecule has 152 valence electrons. The van der Waals surface area contributed by atoms with Crippen LogP contribution in [0.25, 0.3) is 17.2 Å². The van der Waals surface area contributed by atoms with E-state index in [2.05, 4.69) is 34.6 Å². The second-order valence-corrected chi connectivity index (χ2v) is 7.26. The van der Waals surface area contributed by atoms with Crippen LogP contribution in [-0.2, 0) is 4.74 Å². The maximum absolute atomic E-state index is 13.7. The van der Waals surface area contributed by atoms with Crippen LogP contribution in [0.3, 0.4) is 0 Å². The number of fused-ring (bicyclic) bond motifs is 3. The average Bonchev–Trinajstić information content (AvgIpc) is 3.08. The number of ether oxygens (including phenoxy) is 1. The van der Waals surface area contributed by atoms with E-state index < -0.39 is 6.09 Å². The number of amides is 1. The van der Waals surface area contributed by atoms with E-state index in [9.17, 15) is 9.18 Å². The number of carbonyl (C=O) groups excluding carboxylic acids is 1. The third-order valence-corrected chi connectivity index (χ3v) is 5.21. The topological polar surface area (TPSA) is 51.2 Å². The molecule has 0 saturated heterocycles. The Bertz CT molecular complexity index is 1050. The number of rotatable bonds is 6. The number of hydrogen-bond donors (Lipinski definition) is 1. The molecule has 0 unspecified atom stereocenters. The largest absolute Gasteiger partial charge is 0.449 e. The molecule has 4 rings (SSSR count). The second-order valence-electron chi connectivity index (χ2n) is 7.26. The van der Waals surface area contributed by atoms with Crippen LogP contribution in [0.15, 0.2) is 66.7 Å². The molecule has 5 heteroatoms. The van der Waals surface area contributed by atoms with Gasteiger partial charge in [-0.15, -0.1) is 0 Å². The lowest BCUT2D eigenvalue weighted by Gasteiger charge is -2.14. The predicted octanol–water partition coefficient (Wildman–Crippen LogP) is 5.47. The molecule has 30 heavy (non-hydrogen) atoms. The molecule has 0 bridgehead atoms. The van der Waals surface area contributed by atoms with Gasteiger partial charge in [-0.2, -0.15) is 0 Å². The van der Waals surface area contributed by atoms with Gasteiger partial charge in [-0.05, 0) is 53.8 Å². The van der Waals surface area contributed by atoms with Gasteiger partial charge < -0.3 is 10.1 Å². The van der Waals surface area contributed by atoms with Crippen molar-refractivity contribution in [2.75, 3.05) is 13.2 Å². The molecule has 0 radical (unpaired) electrons. The zero-order valence-electron chi connectivity index (χ0n) is 16.8. The first kappa shape index (κ1) is 19.8. The first-order chi connectivity index (χ1) is 14.6. The highest BCUT2D eigenvalue weighted by Crippen LogP contribution is 2.44. The zero-order chi connectivity index (χ0) is 20.9. The highest BCUT2D eigenvalue weighted by atomic mass is 19.1. The fraction of sp³-hybridized carbons (Fsp3) is 0.200. The number of benzene rings is 2. The molecule has 3 aromatic rings. The van der Waals surface area contributed by atoms with Crippen molar-refractivity contribution in [1.29, 1.82) is 0 Å². The van der Waals surface area contributed by atoms with Crippen LogP contribution in [0.4, 0.5) is 9.18 Å². The SMILES string of the molecule is Cc1ccc(F)c(C=CCCNC(=O)OCC2c3ccccc3-c3ccccc32)n1. The van der Waals surface area contributed by atoms with Gasteiger partial charge in [-0.1, -0.05) is 54.6 Å². The highest BCUT2D eigenvalue weighted by molar-refractivity contribution is 5.79. The quantitative estimate of drug-likeness (QED) is 0.556. The summed E-state index contributed by atoms with van der Waals surface area (Å²) in [6.45, 7) is 2.50. The van der Waals surface area contributed by atoms with Gasteiger partial charge in [0.1, 0.15) is 12.4 Å². The summed E-state index contributed by atoms with van der Waals surface area (Å²) in [5.41, 5.74) is 5.82. The molecule has 1 N–H and O–H groups in total. The first-order valence-corrected chi connectivity index (χ1v) is 10.0. The number of carbonyl (C=O) groups is 1. The predicted molar refractivity (Wildman–Crippen MR) is 116 cm³/mol. The number of nitrogens with one attached hydrogen (secondary N) is 1. The molecular weight excluding hydrogens is 379 g/mol. The van der Waals surface area contributed by atoms with E-state index in [0.717, 1.165) is 5.69 Å². The Hall–Kier alpha value is -3.47. The third kappa shape index (κ3) is 4.25. The van der Waals surface area contributed by atoms with E-state index in [1.54, 1.807) is 18.2 Å². The fourth-order valence-electron chi connectivity index (χ4n) is 3.78. The van der Waals surface area contributed by atoms with E-state index in [0.29, 0.717) is 18.7 Å². The van der Waals surface area contributed by atoms with Crippen molar-refractivity contribution < 1.29 is 13.9 Å². The minimum atomic E-state index is -0.454. The maximum Gasteiger partial charge on any atom is 0.407 e. The minimum Gasteiger partial charge on any atom is -0.449 e. The number of aromatic nitrogens is 1. The number of nitrogens with zero attached hydrogens (tertiary/aromatic N) is 1. The minimum absolute atomic E-state index is 0.0402. The smallest absolute Gasteiger partial charge is 0.407 e. The van der Waals surface area contributed by atoms with Crippen LogP contribution < -0.4 is 5.32 Å². The summed E-state index contributed by atoms with van der Waals surface area (Å²) >= 11 is 0. The summed E-state index contributed by atoms with van der Waals surface area (Å²) < 4.78 is 19.2. The zero-order valence-corrected chi connectivity index (χ0v) is 16.8. The third-order valence-electron chi connectivity index (χ3n) is 5.21. The van der Waals surface area contributed by atoms with E-state index in [-0.39, 0.29) is 18.3 Å². The molecule has 1 amide bonds. The van der Waals surface area contributed by atoms with Crippen molar-refractivity contribution in [2.24, 2.45) is 0 Å². The monoisotopic (exact) mass is 402 g/mol. The Kier molecular flexibility index (Phi) is 5.89. The number of pyridine rings is 1. The van der Waals surface area contributed by atoms with Gasteiger partial charge in [0.25, 0.3) is 0 Å². The van der Waals surface area contributed by atoms with Crippen LogP contribution in [0.5, 0.6) is 0 Å². The number of aryl methyl sites for hydroxylation is 1. The summed E-state index contributed by atoms with van der Waals surface area (Å²) in [4.78, 5) is 16.3. The molecule has 0 saturated carbocycles. The molecule has 1 aromatic heterocycles. The molecular formula is C25H23FN2O2. The summed E-state index contributed by atoms with van der Waals surface area (Å²) in [7, 11) is 0. The van der Waals surface area contributed by atoms with Crippen LogP contribution >= 0.6 is 0 Å². The van der Waals surface area contributed by atoms with Crippen molar-refractivity contribution >= 4 is 12.2 Å². The van der Waals surface area contributed by atoms with Crippen LogP contribution in [0.2, 0.25) is 0 Å². The fourth-order valence-corrected chi connectivity index (χ4v) is 3.78. The van der Waals surface area contributed by atoms with E-state index in [4.69, 9.17) is 4.74 Å². The summed E-state index contributed by atoms with van der Waals surface area (Å²) in [6.07, 6.45) is 3.51. The lowest BCUT2D eigenvalue weighted by molar-refractivity contribution is 0.143. The molecule has 1 aliphatic rings.